The molecule has 0 saturated carbocycles. The maximum Gasteiger partial charge on any atom is 0.254 e. The van der Waals surface area contributed by atoms with Gasteiger partial charge in [0.05, 0.1) is 11.3 Å². The van der Waals surface area contributed by atoms with Gasteiger partial charge < -0.3 is 9.84 Å². The van der Waals surface area contributed by atoms with Crippen LogP contribution < -0.4 is 5.32 Å². The minimum atomic E-state index is -0.117. The fourth-order valence-electron chi connectivity index (χ4n) is 3.28. The van der Waals surface area contributed by atoms with Crippen molar-refractivity contribution in [3.63, 3.8) is 0 Å². The molecule has 3 rings (SSSR count). The van der Waals surface area contributed by atoms with Crippen LogP contribution in [-0.2, 0) is 12.3 Å². The number of carbonyl (C=O) groups excluding carboxylic acids is 1. The Morgan fingerprint density at radius 3 is 2.46 bits per heavy atom. The summed E-state index contributed by atoms with van der Waals surface area (Å²) in [7, 11) is 0. The van der Waals surface area contributed by atoms with Crippen LogP contribution in [0.25, 0.3) is 0 Å². The maximum absolute atomic E-state index is 12.8. The van der Waals surface area contributed by atoms with E-state index < -0.39 is 0 Å². The zero-order chi connectivity index (χ0) is 20.3. The molecule has 0 atom stereocenters. The van der Waals surface area contributed by atoms with Gasteiger partial charge in [0.2, 0.25) is 0 Å². The Balaban J connectivity index is 1.72. The number of hydrogen-bond donors (Lipinski definition) is 1. The van der Waals surface area contributed by atoms with Crippen molar-refractivity contribution in [3.8, 4) is 0 Å². The Kier molecular flexibility index (Phi) is 6.19. The number of amides is 1. The van der Waals surface area contributed by atoms with Gasteiger partial charge in [0.1, 0.15) is 10.8 Å². The Morgan fingerprint density at radius 2 is 1.82 bits per heavy atom. The fraction of sp³-hybridized carbons (Fsp3) is 0.318. The molecular formula is C22H25N3O2S. The van der Waals surface area contributed by atoms with Crippen molar-refractivity contribution in [1.82, 2.24) is 15.5 Å². The Morgan fingerprint density at radius 1 is 1.11 bits per heavy atom. The summed E-state index contributed by atoms with van der Waals surface area (Å²) >= 11 is 1.52. The van der Waals surface area contributed by atoms with E-state index in [2.05, 4.69) is 48.4 Å². The molecule has 6 heteroatoms. The topological polar surface area (TPSA) is 68.0 Å². The van der Waals surface area contributed by atoms with Gasteiger partial charge in [-0.05, 0) is 63.4 Å². The van der Waals surface area contributed by atoms with E-state index in [9.17, 15) is 4.79 Å². The zero-order valence-corrected chi connectivity index (χ0v) is 17.7. The van der Waals surface area contributed by atoms with Gasteiger partial charge in [0.25, 0.3) is 5.91 Å². The molecule has 0 aliphatic heterocycles. The van der Waals surface area contributed by atoms with Crippen LogP contribution in [0.15, 0.2) is 40.0 Å². The van der Waals surface area contributed by atoms with Crippen LogP contribution >= 0.6 is 11.8 Å². The summed E-state index contributed by atoms with van der Waals surface area (Å²) in [5, 5.41) is 7.74. The van der Waals surface area contributed by atoms with E-state index in [4.69, 9.17) is 4.52 Å². The average molecular weight is 396 g/mol. The van der Waals surface area contributed by atoms with Gasteiger partial charge in [-0.15, -0.1) is 11.8 Å². The number of rotatable bonds is 6. The number of nitrogens with one attached hydrogen (secondary N) is 1. The molecule has 2 heterocycles. The molecule has 1 N–H and O–H groups in total. The van der Waals surface area contributed by atoms with E-state index in [1.54, 1.807) is 12.3 Å². The minimum absolute atomic E-state index is 0.117. The first kappa shape index (κ1) is 20.1. The smallest absolute Gasteiger partial charge is 0.254 e. The second-order valence-corrected chi connectivity index (χ2v) is 7.97. The molecule has 1 amide bonds. The van der Waals surface area contributed by atoms with Crippen molar-refractivity contribution in [2.45, 2.75) is 51.9 Å². The van der Waals surface area contributed by atoms with E-state index in [0.29, 0.717) is 22.9 Å². The lowest BCUT2D eigenvalue weighted by molar-refractivity contribution is 0.0947. The van der Waals surface area contributed by atoms with Crippen LogP contribution in [-0.4, -0.2) is 16.0 Å². The summed E-state index contributed by atoms with van der Waals surface area (Å²) < 4.78 is 5.22. The Bertz CT molecular complexity index is 968. The minimum Gasteiger partial charge on any atom is -0.361 e. The largest absolute Gasteiger partial charge is 0.361 e. The number of aryl methyl sites for hydroxylation is 5. The summed E-state index contributed by atoms with van der Waals surface area (Å²) in [6.45, 7) is 10.6. The monoisotopic (exact) mass is 395 g/mol. The van der Waals surface area contributed by atoms with Crippen LogP contribution in [0.2, 0.25) is 0 Å². The first-order chi connectivity index (χ1) is 13.4. The molecule has 0 aliphatic rings. The number of benzene rings is 1. The standard InChI is InChI=1S/C22H25N3O2S/c1-13-9-14(2)19(15(3)10-13)11-24-21(26)18-7-6-8-23-22(18)28-12-20-16(4)25-27-17(20)5/h6-10H,11-12H2,1-5H3,(H,24,26). The van der Waals surface area contributed by atoms with Crippen molar-refractivity contribution < 1.29 is 9.32 Å². The predicted molar refractivity (Wildman–Crippen MR) is 112 cm³/mol. The normalized spacial score (nSPS) is 10.9. The van der Waals surface area contributed by atoms with Crippen LogP contribution in [0, 0.1) is 34.6 Å². The summed E-state index contributed by atoms with van der Waals surface area (Å²) in [5.41, 5.74) is 7.28. The zero-order valence-electron chi connectivity index (χ0n) is 16.9. The maximum atomic E-state index is 12.8. The van der Waals surface area contributed by atoms with Gasteiger partial charge in [-0.3, -0.25) is 4.79 Å². The van der Waals surface area contributed by atoms with Crippen molar-refractivity contribution in [2.24, 2.45) is 0 Å². The van der Waals surface area contributed by atoms with Crippen molar-refractivity contribution >= 4 is 17.7 Å². The number of nitrogens with zero attached hydrogens (tertiary/aromatic N) is 2. The first-order valence-electron chi connectivity index (χ1n) is 9.21. The third-order valence-electron chi connectivity index (χ3n) is 4.82. The molecule has 0 saturated heterocycles. The molecule has 0 aliphatic carbocycles. The van der Waals surface area contributed by atoms with Crippen LogP contribution in [0.5, 0.6) is 0 Å². The third-order valence-corrected chi connectivity index (χ3v) is 5.85. The van der Waals surface area contributed by atoms with Gasteiger partial charge in [-0.25, -0.2) is 4.98 Å². The molecule has 0 fully saturated rings. The summed E-state index contributed by atoms with van der Waals surface area (Å²) in [5.74, 6) is 1.35. The van der Waals surface area contributed by atoms with Gasteiger partial charge in [-0.1, -0.05) is 22.9 Å². The summed E-state index contributed by atoms with van der Waals surface area (Å²) in [6.07, 6.45) is 1.71. The second kappa shape index (κ2) is 8.61. The first-order valence-corrected chi connectivity index (χ1v) is 10.2. The number of carbonyl (C=O) groups is 1. The molecular weight excluding hydrogens is 370 g/mol. The highest BCUT2D eigenvalue weighted by Gasteiger charge is 2.16. The van der Waals surface area contributed by atoms with E-state index in [1.807, 2.05) is 19.9 Å². The van der Waals surface area contributed by atoms with Crippen LogP contribution in [0.4, 0.5) is 0 Å². The molecule has 1 aromatic carbocycles. The van der Waals surface area contributed by atoms with Crippen LogP contribution in [0.1, 0.15) is 49.6 Å². The molecule has 0 radical (unpaired) electrons. The summed E-state index contributed by atoms with van der Waals surface area (Å²) in [6, 6.07) is 7.89. The van der Waals surface area contributed by atoms with E-state index >= 15 is 0 Å². The van der Waals surface area contributed by atoms with Crippen molar-refractivity contribution in [3.05, 3.63) is 75.3 Å². The van der Waals surface area contributed by atoms with Crippen LogP contribution in [0.3, 0.4) is 0 Å². The lowest BCUT2D eigenvalue weighted by Crippen LogP contribution is -2.24. The molecule has 0 unspecified atom stereocenters. The fourth-order valence-corrected chi connectivity index (χ4v) is 4.42. The molecule has 2 aromatic heterocycles. The van der Waals surface area contributed by atoms with Crippen molar-refractivity contribution in [2.75, 3.05) is 0 Å². The van der Waals surface area contributed by atoms with Crippen molar-refractivity contribution in [1.29, 1.82) is 0 Å². The highest BCUT2D eigenvalue weighted by Crippen LogP contribution is 2.27. The average Bonchev–Trinajstić information content (AvgIpc) is 2.97. The number of hydrogen-bond acceptors (Lipinski definition) is 5. The molecule has 3 aromatic rings. The second-order valence-electron chi connectivity index (χ2n) is 7.01. The van der Waals surface area contributed by atoms with Gasteiger partial charge in [-0.2, -0.15) is 0 Å². The Hall–Kier alpha value is -2.60. The number of pyridine rings is 1. The van der Waals surface area contributed by atoms with E-state index in [0.717, 1.165) is 22.6 Å². The third kappa shape index (κ3) is 4.44. The molecule has 5 nitrogen and oxygen atoms in total. The highest BCUT2D eigenvalue weighted by molar-refractivity contribution is 7.98. The molecule has 0 spiro atoms. The van der Waals surface area contributed by atoms with Gasteiger partial charge in [0.15, 0.2) is 0 Å². The van der Waals surface area contributed by atoms with E-state index in [-0.39, 0.29) is 5.91 Å². The van der Waals surface area contributed by atoms with Gasteiger partial charge >= 0.3 is 0 Å². The summed E-state index contributed by atoms with van der Waals surface area (Å²) in [4.78, 5) is 17.2. The van der Waals surface area contributed by atoms with Gasteiger partial charge in [0, 0.05) is 24.1 Å². The highest BCUT2D eigenvalue weighted by atomic mass is 32.2. The Labute approximate surface area is 169 Å². The number of thioether (sulfide) groups is 1. The molecule has 0 bridgehead atoms. The molecule has 146 valence electrons. The number of aromatic nitrogens is 2. The quantitative estimate of drug-likeness (QED) is 0.605. The SMILES string of the molecule is Cc1cc(C)c(CNC(=O)c2cccnc2SCc2c(C)noc2C)c(C)c1. The molecule has 28 heavy (non-hydrogen) atoms. The lowest BCUT2D eigenvalue weighted by atomic mass is 10.00. The lowest BCUT2D eigenvalue weighted by Gasteiger charge is -2.13. The predicted octanol–water partition coefficient (Wildman–Crippen LogP) is 4.83. The van der Waals surface area contributed by atoms with E-state index in [1.165, 1.54) is 28.5 Å².